The van der Waals surface area contributed by atoms with Crippen LogP contribution in [0.3, 0.4) is 0 Å². The van der Waals surface area contributed by atoms with E-state index in [2.05, 4.69) is 22.3 Å². The number of carbonyl (C=O) groups excluding carboxylic acids is 1. The van der Waals surface area contributed by atoms with E-state index >= 15 is 0 Å². The molecule has 2 aliphatic rings. The van der Waals surface area contributed by atoms with Crippen LogP contribution >= 0.6 is 11.8 Å². The summed E-state index contributed by atoms with van der Waals surface area (Å²) in [5.41, 5.74) is 3.29. The molecule has 0 saturated heterocycles. The van der Waals surface area contributed by atoms with Crippen molar-refractivity contribution >= 4 is 17.7 Å². The summed E-state index contributed by atoms with van der Waals surface area (Å²) in [6.07, 6.45) is 0.883. The van der Waals surface area contributed by atoms with E-state index in [1.807, 2.05) is 42.2 Å². The number of hydrogen-bond acceptors (Lipinski definition) is 7. The molecule has 1 amide bonds. The van der Waals surface area contributed by atoms with E-state index in [0.29, 0.717) is 29.2 Å². The number of rotatable bonds is 4. The second-order valence-electron chi connectivity index (χ2n) is 6.98. The van der Waals surface area contributed by atoms with Gasteiger partial charge in [0.2, 0.25) is 18.6 Å². The van der Waals surface area contributed by atoms with Crippen LogP contribution < -0.4 is 9.47 Å². The quantitative estimate of drug-likeness (QED) is 0.610. The van der Waals surface area contributed by atoms with Gasteiger partial charge in [0, 0.05) is 18.7 Å². The van der Waals surface area contributed by atoms with Crippen molar-refractivity contribution in [2.24, 2.45) is 0 Å². The summed E-state index contributed by atoms with van der Waals surface area (Å²) in [5, 5.41) is 8.26. The van der Waals surface area contributed by atoms with Gasteiger partial charge in [0.15, 0.2) is 11.5 Å². The molecule has 2 aromatic carbocycles. The Balaban J connectivity index is 1.26. The average Bonchev–Trinajstić information content (AvgIpc) is 3.41. The highest BCUT2D eigenvalue weighted by molar-refractivity contribution is 8.00. The van der Waals surface area contributed by atoms with Crippen molar-refractivity contribution in [1.29, 1.82) is 0 Å². The molecule has 0 bridgehead atoms. The SMILES string of the molecule is C[C@H](Sc1nnc(-c2ccc3c(c2)OCO3)o1)C(=O)N1CCc2ccccc2C1. The van der Waals surface area contributed by atoms with E-state index in [1.165, 1.54) is 22.9 Å². The van der Waals surface area contributed by atoms with E-state index in [1.54, 1.807) is 0 Å². The number of benzene rings is 2. The van der Waals surface area contributed by atoms with Gasteiger partial charge in [0.05, 0.1) is 5.25 Å². The number of ether oxygens (including phenoxy) is 2. The standard InChI is InChI=1S/C21H19N3O4S/c1-13(20(25)24-9-8-14-4-2-3-5-16(14)11-24)29-21-23-22-19(28-21)15-6-7-17-18(10-15)27-12-26-17/h2-7,10,13H,8-9,11-12H2,1H3/t13-/m0/s1. The lowest BCUT2D eigenvalue weighted by atomic mass is 10.00. The Morgan fingerprint density at radius 2 is 1.93 bits per heavy atom. The van der Waals surface area contributed by atoms with Gasteiger partial charge >= 0.3 is 0 Å². The molecule has 3 aromatic rings. The molecule has 8 heteroatoms. The minimum Gasteiger partial charge on any atom is -0.454 e. The van der Waals surface area contributed by atoms with Crippen molar-refractivity contribution in [1.82, 2.24) is 15.1 Å². The first-order chi connectivity index (χ1) is 14.2. The summed E-state index contributed by atoms with van der Waals surface area (Å²) in [6.45, 7) is 3.46. The average molecular weight is 409 g/mol. The molecule has 1 aromatic heterocycles. The van der Waals surface area contributed by atoms with Gasteiger partial charge in [0.25, 0.3) is 5.22 Å². The van der Waals surface area contributed by atoms with Gasteiger partial charge in [-0.05, 0) is 42.7 Å². The summed E-state index contributed by atoms with van der Waals surface area (Å²) in [4.78, 5) is 14.8. The van der Waals surface area contributed by atoms with Crippen LogP contribution in [0.5, 0.6) is 11.5 Å². The van der Waals surface area contributed by atoms with Crippen LogP contribution in [0.1, 0.15) is 18.1 Å². The molecule has 0 aliphatic carbocycles. The summed E-state index contributed by atoms with van der Waals surface area (Å²) in [7, 11) is 0. The number of fused-ring (bicyclic) bond motifs is 2. The highest BCUT2D eigenvalue weighted by Gasteiger charge is 2.27. The monoisotopic (exact) mass is 409 g/mol. The van der Waals surface area contributed by atoms with Crippen molar-refractivity contribution in [3.05, 3.63) is 53.6 Å². The van der Waals surface area contributed by atoms with Gasteiger partial charge in [-0.3, -0.25) is 4.79 Å². The number of amides is 1. The van der Waals surface area contributed by atoms with Crippen LogP contribution in [0.4, 0.5) is 0 Å². The smallest absolute Gasteiger partial charge is 0.277 e. The molecule has 3 heterocycles. The van der Waals surface area contributed by atoms with E-state index in [9.17, 15) is 4.79 Å². The van der Waals surface area contributed by atoms with Crippen LogP contribution in [-0.4, -0.2) is 39.6 Å². The Morgan fingerprint density at radius 1 is 1.10 bits per heavy atom. The van der Waals surface area contributed by atoms with Gasteiger partial charge in [-0.1, -0.05) is 36.0 Å². The predicted molar refractivity (Wildman–Crippen MR) is 107 cm³/mol. The molecule has 0 unspecified atom stereocenters. The van der Waals surface area contributed by atoms with Gasteiger partial charge in [0.1, 0.15) is 0 Å². The predicted octanol–water partition coefficient (Wildman–Crippen LogP) is 3.53. The minimum absolute atomic E-state index is 0.0762. The second-order valence-corrected chi connectivity index (χ2v) is 8.27. The molecule has 0 saturated carbocycles. The second kappa shape index (κ2) is 7.44. The Morgan fingerprint density at radius 3 is 2.83 bits per heavy atom. The summed E-state index contributed by atoms with van der Waals surface area (Å²) < 4.78 is 16.5. The van der Waals surface area contributed by atoms with Crippen molar-refractivity contribution in [3.8, 4) is 23.0 Å². The fourth-order valence-electron chi connectivity index (χ4n) is 3.55. The molecule has 0 fully saturated rings. The first kappa shape index (κ1) is 18.1. The maximum atomic E-state index is 12.9. The largest absolute Gasteiger partial charge is 0.454 e. The lowest BCUT2D eigenvalue weighted by Crippen LogP contribution is -2.40. The molecule has 5 rings (SSSR count). The lowest BCUT2D eigenvalue weighted by molar-refractivity contribution is -0.131. The van der Waals surface area contributed by atoms with Gasteiger partial charge in [-0.25, -0.2) is 0 Å². The first-order valence-electron chi connectivity index (χ1n) is 9.43. The van der Waals surface area contributed by atoms with Crippen LogP contribution in [-0.2, 0) is 17.8 Å². The molecular weight excluding hydrogens is 390 g/mol. The molecule has 7 nitrogen and oxygen atoms in total. The fourth-order valence-corrected chi connectivity index (χ4v) is 4.31. The van der Waals surface area contributed by atoms with E-state index in [0.717, 1.165) is 18.5 Å². The summed E-state index contributed by atoms with van der Waals surface area (Å²) >= 11 is 1.28. The van der Waals surface area contributed by atoms with E-state index in [-0.39, 0.29) is 18.0 Å². The molecule has 0 spiro atoms. The van der Waals surface area contributed by atoms with E-state index in [4.69, 9.17) is 13.9 Å². The Bertz CT molecular complexity index is 1070. The summed E-state index contributed by atoms with van der Waals surface area (Å²) in [6, 6.07) is 13.7. The first-order valence-corrected chi connectivity index (χ1v) is 10.3. The number of carbonyl (C=O) groups is 1. The highest BCUT2D eigenvalue weighted by Crippen LogP contribution is 2.36. The molecule has 2 aliphatic heterocycles. The van der Waals surface area contributed by atoms with Crippen molar-refractivity contribution in [2.75, 3.05) is 13.3 Å². The Hall–Kier alpha value is -3.00. The number of hydrogen-bond donors (Lipinski definition) is 0. The third kappa shape index (κ3) is 3.55. The normalized spacial score (nSPS) is 15.8. The highest BCUT2D eigenvalue weighted by atomic mass is 32.2. The van der Waals surface area contributed by atoms with Crippen LogP contribution in [0, 0.1) is 0 Å². The van der Waals surface area contributed by atoms with Crippen molar-refractivity contribution in [3.63, 3.8) is 0 Å². The third-order valence-corrected chi connectivity index (χ3v) is 6.02. The molecule has 148 valence electrons. The Labute approximate surface area is 172 Å². The maximum absolute atomic E-state index is 12.9. The zero-order chi connectivity index (χ0) is 19.8. The van der Waals surface area contributed by atoms with E-state index < -0.39 is 0 Å². The maximum Gasteiger partial charge on any atom is 0.277 e. The fraction of sp³-hybridized carbons (Fsp3) is 0.286. The van der Waals surface area contributed by atoms with Crippen molar-refractivity contribution in [2.45, 2.75) is 30.4 Å². The zero-order valence-electron chi connectivity index (χ0n) is 15.8. The van der Waals surface area contributed by atoms with Crippen LogP contribution in [0.15, 0.2) is 52.1 Å². The summed E-state index contributed by atoms with van der Waals surface area (Å²) in [5.74, 6) is 1.82. The van der Waals surface area contributed by atoms with Gasteiger partial charge in [-0.15, -0.1) is 10.2 Å². The number of nitrogens with zero attached hydrogens (tertiary/aromatic N) is 3. The topological polar surface area (TPSA) is 77.7 Å². The Kier molecular flexibility index (Phi) is 4.63. The molecule has 0 radical (unpaired) electrons. The number of thioether (sulfide) groups is 1. The van der Waals surface area contributed by atoms with Crippen molar-refractivity contribution < 1.29 is 18.7 Å². The molecule has 29 heavy (non-hydrogen) atoms. The molecule has 1 atom stereocenters. The molecule has 0 N–H and O–H groups in total. The lowest BCUT2D eigenvalue weighted by Gasteiger charge is -2.30. The zero-order valence-corrected chi connectivity index (χ0v) is 16.6. The third-order valence-electron chi connectivity index (χ3n) is 5.09. The minimum atomic E-state index is -0.315. The number of aromatic nitrogens is 2. The van der Waals surface area contributed by atoms with Gasteiger partial charge < -0.3 is 18.8 Å². The van der Waals surface area contributed by atoms with Crippen LogP contribution in [0.25, 0.3) is 11.5 Å². The van der Waals surface area contributed by atoms with Crippen LogP contribution in [0.2, 0.25) is 0 Å². The van der Waals surface area contributed by atoms with Gasteiger partial charge in [-0.2, -0.15) is 0 Å². The molecular formula is C21H19N3O4S.